The summed E-state index contributed by atoms with van der Waals surface area (Å²) in [5.41, 5.74) is 0. The van der Waals surface area contributed by atoms with Crippen molar-refractivity contribution in [2.45, 2.75) is 206 Å². The van der Waals surface area contributed by atoms with Gasteiger partial charge in [0.25, 0.3) is 0 Å². The van der Waals surface area contributed by atoms with E-state index >= 15 is 0 Å². The fourth-order valence-electron chi connectivity index (χ4n) is 6.16. The average Bonchev–Trinajstić information content (AvgIpc) is 3.18. The van der Waals surface area contributed by atoms with Crippen LogP contribution in [0.5, 0.6) is 0 Å². The van der Waals surface area contributed by atoms with Crippen LogP contribution in [0.3, 0.4) is 0 Å². The van der Waals surface area contributed by atoms with E-state index in [-0.39, 0.29) is 18.9 Å². The summed E-state index contributed by atoms with van der Waals surface area (Å²) >= 11 is 0. The van der Waals surface area contributed by atoms with Crippen molar-refractivity contribution in [2.75, 3.05) is 6.61 Å². The average molecular weight is 748 g/mol. The zero-order valence-corrected chi connectivity index (χ0v) is 35.2. The van der Waals surface area contributed by atoms with Gasteiger partial charge in [0, 0.05) is 6.42 Å². The second-order valence-corrected chi connectivity index (χ2v) is 14.7. The molecule has 0 spiro atoms. The Kier molecular flexibility index (Phi) is 42.5. The Morgan fingerprint density at radius 1 is 0.463 bits per heavy atom. The van der Waals surface area contributed by atoms with Gasteiger partial charge in [-0.1, -0.05) is 214 Å². The summed E-state index contributed by atoms with van der Waals surface area (Å²) < 4.78 is 0. The topological polar surface area (TPSA) is 69.6 Å². The molecule has 0 aliphatic rings. The van der Waals surface area contributed by atoms with Gasteiger partial charge in [-0.05, 0) is 70.6 Å². The third kappa shape index (κ3) is 40.5. The Morgan fingerprint density at radius 2 is 0.833 bits per heavy atom. The predicted octanol–water partition coefficient (Wildman–Crippen LogP) is 14.2. The molecule has 3 N–H and O–H groups in total. The molecule has 0 aromatic carbocycles. The molecular weight excluding hydrogens is 663 g/mol. The lowest BCUT2D eigenvalue weighted by atomic mass is 10.0. The lowest BCUT2D eigenvalue weighted by molar-refractivity contribution is -0.122. The van der Waals surface area contributed by atoms with Gasteiger partial charge in [0.05, 0.1) is 18.8 Å². The Hall–Kier alpha value is -2.69. The van der Waals surface area contributed by atoms with Gasteiger partial charge in [-0.3, -0.25) is 4.79 Å². The van der Waals surface area contributed by atoms with Gasteiger partial charge in [-0.2, -0.15) is 0 Å². The quantitative estimate of drug-likeness (QED) is 0.0433. The summed E-state index contributed by atoms with van der Waals surface area (Å²) in [7, 11) is 0. The lowest BCUT2D eigenvalue weighted by Crippen LogP contribution is -2.44. The van der Waals surface area contributed by atoms with Crippen LogP contribution in [0.2, 0.25) is 0 Å². The fourth-order valence-corrected chi connectivity index (χ4v) is 6.16. The van der Waals surface area contributed by atoms with Crippen molar-refractivity contribution >= 4 is 5.91 Å². The van der Waals surface area contributed by atoms with E-state index in [1.807, 2.05) is 18.2 Å². The molecule has 0 aromatic heterocycles. The second-order valence-electron chi connectivity index (χ2n) is 14.7. The van der Waals surface area contributed by atoms with Gasteiger partial charge in [-0.15, -0.1) is 0 Å². The van der Waals surface area contributed by atoms with Crippen LogP contribution in [-0.4, -0.2) is 34.9 Å². The maximum atomic E-state index is 12.3. The van der Waals surface area contributed by atoms with Crippen molar-refractivity contribution in [3.8, 4) is 0 Å². The van der Waals surface area contributed by atoms with Crippen molar-refractivity contribution in [3.05, 3.63) is 97.2 Å². The maximum absolute atomic E-state index is 12.3. The van der Waals surface area contributed by atoms with Crippen molar-refractivity contribution in [3.63, 3.8) is 0 Å². The molecule has 54 heavy (non-hydrogen) atoms. The van der Waals surface area contributed by atoms with Gasteiger partial charge < -0.3 is 15.5 Å². The second kappa shape index (κ2) is 44.7. The predicted molar refractivity (Wildman–Crippen MR) is 239 cm³/mol. The van der Waals surface area contributed by atoms with Crippen LogP contribution >= 0.6 is 0 Å². The number of hydrogen-bond acceptors (Lipinski definition) is 3. The number of aliphatic hydroxyl groups is 2. The van der Waals surface area contributed by atoms with E-state index in [0.29, 0.717) is 0 Å². The van der Waals surface area contributed by atoms with Crippen LogP contribution < -0.4 is 5.32 Å². The fraction of sp³-hybridized carbons (Fsp3) is 0.660. The molecule has 4 nitrogen and oxygen atoms in total. The normalized spacial score (nSPS) is 13.9. The maximum Gasteiger partial charge on any atom is 0.224 e. The minimum absolute atomic E-state index is 0.208. The Bertz CT molecular complexity index is 1030. The first-order valence-corrected chi connectivity index (χ1v) is 22.5. The van der Waals surface area contributed by atoms with Crippen molar-refractivity contribution in [1.82, 2.24) is 5.32 Å². The highest BCUT2D eigenvalue weighted by Crippen LogP contribution is 2.14. The molecule has 0 aromatic rings. The summed E-state index contributed by atoms with van der Waals surface area (Å²) in [6.45, 7) is 4.13. The lowest BCUT2D eigenvalue weighted by Gasteiger charge is -2.19. The number of nitrogens with one attached hydrogen (secondary N) is 1. The molecule has 0 aliphatic carbocycles. The van der Waals surface area contributed by atoms with Crippen LogP contribution in [0.4, 0.5) is 0 Å². The number of carbonyl (C=O) groups is 1. The summed E-state index contributed by atoms with van der Waals surface area (Å²) in [5, 5.41) is 22.9. The number of aliphatic hydroxyl groups excluding tert-OH is 2. The minimum Gasteiger partial charge on any atom is -0.394 e. The molecule has 0 saturated carbocycles. The van der Waals surface area contributed by atoms with Crippen LogP contribution in [0.1, 0.15) is 194 Å². The van der Waals surface area contributed by atoms with E-state index < -0.39 is 12.1 Å². The zero-order chi connectivity index (χ0) is 39.3. The van der Waals surface area contributed by atoms with Crippen LogP contribution in [-0.2, 0) is 4.79 Å². The monoisotopic (exact) mass is 748 g/mol. The first-order chi connectivity index (χ1) is 26.7. The summed E-state index contributed by atoms with van der Waals surface area (Å²) in [4.78, 5) is 12.3. The molecule has 1 amide bonds. The Morgan fingerprint density at radius 3 is 1.26 bits per heavy atom. The summed E-state index contributed by atoms with van der Waals surface area (Å²) in [6, 6.07) is -0.706. The van der Waals surface area contributed by atoms with Gasteiger partial charge >= 0.3 is 0 Å². The third-order valence-electron chi connectivity index (χ3n) is 9.56. The Labute approximate surface area is 334 Å². The largest absolute Gasteiger partial charge is 0.394 e. The molecule has 0 fully saturated rings. The molecule has 0 saturated heterocycles. The van der Waals surface area contributed by atoms with Crippen molar-refractivity contribution < 1.29 is 15.0 Å². The molecule has 2 atom stereocenters. The van der Waals surface area contributed by atoms with E-state index in [2.05, 4.69) is 92.1 Å². The van der Waals surface area contributed by atoms with E-state index in [4.69, 9.17) is 0 Å². The van der Waals surface area contributed by atoms with Crippen LogP contribution in [0.15, 0.2) is 97.2 Å². The first kappa shape index (κ1) is 51.3. The molecule has 0 radical (unpaired) electrons. The van der Waals surface area contributed by atoms with Crippen LogP contribution in [0.25, 0.3) is 0 Å². The molecule has 308 valence electrons. The minimum atomic E-state index is -0.916. The van der Waals surface area contributed by atoms with Crippen molar-refractivity contribution in [2.24, 2.45) is 0 Å². The zero-order valence-electron chi connectivity index (χ0n) is 35.2. The smallest absolute Gasteiger partial charge is 0.224 e. The number of hydrogen-bond donors (Lipinski definition) is 3. The number of amides is 1. The highest BCUT2D eigenvalue weighted by Gasteiger charge is 2.17. The highest BCUT2D eigenvalue weighted by atomic mass is 16.3. The van der Waals surface area contributed by atoms with E-state index in [0.717, 1.165) is 57.8 Å². The number of rotatable bonds is 39. The summed E-state index contributed by atoms with van der Waals surface area (Å²) in [6.07, 6.45) is 67.0. The van der Waals surface area contributed by atoms with Gasteiger partial charge in [0.15, 0.2) is 0 Å². The molecule has 0 heterocycles. The van der Waals surface area contributed by atoms with Gasteiger partial charge in [-0.25, -0.2) is 0 Å². The molecule has 0 bridgehead atoms. The number of allylic oxidation sites excluding steroid dienone is 14. The molecular formula is C50H85NO3. The summed E-state index contributed by atoms with van der Waals surface area (Å²) in [5.74, 6) is -0.208. The standard InChI is InChI=1S/C50H85NO3/c1-3-5-7-9-11-13-15-17-19-20-21-22-23-24-25-26-27-28-29-30-32-33-35-37-39-41-43-45-49(53)48(47-52)51-50(54)46-44-42-40-38-36-34-31-18-16-14-12-10-8-6-4-2/h6,8,12,14,18,29-31,35-38,42-45,48-49,52-53H,3-5,7,9-11,13,15-17,19-28,32-34,39-41,46-47H2,1-2H3,(H,51,54)/b8-6-,14-12-,30-29+,31-18-,37-35+,38-36-,44-42-,45-43+. The van der Waals surface area contributed by atoms with Gasteiger partial charge in [0.2, 0.25) is 5.91 Å². The van der Waals surface area contributed by atoms with E-state index in [9.17, 15) is 15.0 Å². The number of unbranched alkanes of at least 4 members (excludes halogenated alkanes) is 19. The first-order valence-electron chi connectivity index (χ1n) is 22.5. The molecule has 0 aliphatic heterocycles. The van der Waals surface area contributed by atoms with Crippen LogP contribution in [0, 0.1) is 0 Å². The highest BCUT2D eigenvalue weighted by molar-refractivity contribution is 5.77. The van der Waals surface area contributed by atoms with Crippen molar-refractivity contribution in [1.29, 1.82) is 0 Å². The van der Waals surface area contributed by atoms with Gasteiger partial charge in [0.1, 0.15) is 0 Å². The Balaban J connectivity index is 3.72. The van der Waals surface area contributed by atoms with E-state index in [1.54, 1.807) is 6.08 Å². The molecule has 4 heteroatoms. The van der Waals surface area contributed by atoms with E-state index in [1.165, 1.54) is 116 Å². The third-order valence-corrected chi connectivity index (χ3v) is 9.56. The SMILES string of the molecule is CC/C=C\C/C=C\C/C=C\C/C=C\C/C=C\CC(=O)NC(CO)C(O)/C=C/CC/C=C/CC/C=C/CCCCCCCCCCCCCCCCCCC. The number of carbonyl (C=O) groups excluding carboxylic acids is 1. The molecule has 0 rings (SSSR count). The molecule has 2 unspecified atom stereocenters.